The van der Waals surface area contributed by atoms with Crippen LogP contribution >= 0.6 is 11.3 Å². The highest BCUT2D eigenvalue weighted by atomic mass is 32.1. The zero-order valence-corrected chi connectivity index (χ0v) is 15.3. The lowest BCUT2D eigenvalue weighted by Crippen LogP contribution is -2.49. The summed E-state index contributed by atoms with van der Waals surface area (Å²) in [6, 6.07) is 9.03. The molecule has 0 atom stereocenters. The molecule has 1 aliphatic rings. The average Bonchev–Trinajstić information content (AvgIpc) is 3.17. The van der Waals surface area contributed by atoms with E-state index in [2.05, 4.69) is 9.64 Å². The fourth-order valence-corrected chi connectivity index (χ4v) is 3.45. The minimum Gasteiger partial charge on any atom is -0.492 e. The number of amides is 1. The third-order valence-electron chi connectivity index (χ3n) is 4.13. The normalized spacial score (nSPS) is 15.6. The largest absolute Gasteiger partial charge is 0.573 e. The Hall–Kier alpha value is -2.26. The summed E-state index contributed by atoms with van der Waals surface area (Å²) >= 11 is 1.44. The molecule has 1 aromatic carbocycles. The first kappa shape index (κ1) is 19.5. The van der Waals surface area contributed by atoms with E-state index in [-0.39, 0.29) is 11.7 Å². The highest BCUT2D eigenvalue weighted by molar-refractivity contribution is 7.12. The average molecular weight is 400 g/mol. The predicted octanol–water partition coefficient (Wildman–Crippen LogP) is 3.48. The molecule has 1 aliphatic heterocycles. The van der Waals surface area contributed by atoms with Crippen LogP contribution < -0.4 is 9.47 Å². The van der Waals surface area contributed by atoms with Crippen LogP contribution in [-0.2, 0) is 0 Å². The van der Waals surface area contributed by atoms with Crippen molar-refractivity contribution in [3.05, 3.63) is 46.7 Å². The van der Waals surface area contributed by atoms with E-state index in [0.717, 1.165) is 18.0 Å². The van der Waals surface area contributed by atoms with Crippen molar-refractivity contribution in [2.75, 3.05) is 39.3 Å². The first-order valence-electron chi connectivity index (χ1n) is 8.44. The summed E-state index contributed by atoms with van der Waals surface area (Å²) in [7, 11) is 0. The summed E-state index contributed by atoms with van der Waals surface area (Å²) in [5.41, 5.74) is 0. The van der Waals surface area contributed by atoms with Crippen LogP contribution in [0.25, 0.3) is 0 Å². The molecule has 0 aliphatic carbocycles. The Morgan fingerprint density at radius 3 is 2.30 bits per heavy atom. The van der Waals surface area contributed by atoms with Crippen molar-refractivity contribution >= 4 is 17.2 Å². The Morgan fingerprint density at radius 2 is 1.70 bits per heavy atom. The van der Waals surface area contributed by atoms with E-state index < -0.39 is 6.36 Å². The van der Waals surface area contributed by atoms with E-state index in [0.29, 0.717) is 32.0 Å². The predicted molar refractivity (Wildman–Crippen MR) is 95.3 cm³/mol. The van der Waals surface area contributed by atoms with Gasteiger partial charge in [-0.1, -0.05) is 6.07 Å². The molecule has 0 spiro atoms. The summed E-state index contributed by atoms with van der Waals surface area (Å²) < 4.78 is 45.8. The number of rotatable bonds is 6. The molecule has 2 heterocycles. The van der Waals surface area contributed by atoms with E-state index in [9.17, 15) is 18.0 Å². The molecule has 9 heteroatoms. The van der Waals surface area contributed by atoms with Crippen molar-refractivity contribution in [3.8, 4) is 11.5 Å². The van der Waals surface area contributed by atoms with Gasteiger partial charge in [0.25, 0.3) is 5.91 Å². The molecule has 1 fully saturated rings. The topological polar surface area (TPSA) is 42.0 Å². The Balaban J connectivity index is 1.37. The quantitative estimate of drug-likeness (QED) is 0.745. The van der Waals surface area contributed by atoms with Crippen LogP contribution in [0.1, 0.15) is 9.67 Å². The summed E-state index contributed by atoms with van der Waals surface area (Å²) in [5, 5.41) is 1.89. The second-order valence-electron chi connectivity index (χ2n) is 5.98. The van der Waals surface area contributed by atoms with Gasteiger partial charge in [0, 0.05) is 32.7 Å². The van der Waals surface area contributed by atoms with Gasteiger partial charge in [-0.15, -0.1) is 24.5 Å². The number of nitrogens with zero attached hydrogens (tertiary/aromatic N) is 2. The molecule has 1 saturated heterocycles. The Bertz CT molecular complexity index is 727. The minimum atomic E-state index is -4.70. The zero-order valence-electron chi connectivity index (χ0n) is 14.4. The van der Waals surface area contributed by atoms with Crippen LogP contribution in [-0.4, -0.2) is 61.4 Å². The zero-order chi connectivity index (χ0) is 19.3. The highest BCUT2D eigenvalue weighted by Gasteiger charge is 2.31. The van der Waals surface area contributed by atoms with Gasteiger partial charge in [0.05, 0.1) is 4.88 Å². The lowest BCUT2D eigenvalue weighted by molar-refractivity contribution is -0.274. The first-order valence-corrected chi connectivity index (χ1v) is 9.32. The molecule has 0 N–H and O–H groups in total. The van der Waals surface area contributed by atoms with E-state index in [1.165, 1.54) is 35.6 Å². The van der Waals surface area contributed by atoms with Crippen molar-refractivity contribution in [1.82, 2.24) is 9.80 Å². The smallest absolute Gasteiger partial charge is 0.492 e. The van der Waals surface area contributed by atoms with E-state index >= 15 is 0 Å². The summed E-state index contributed by atoms with van der Waals surface area (Å²) in [4.78, 5) is 17.1. The van der Waals surface area contributed by atoms with E-state index in [4.69, 9.17) is 4.74 Å². The molecular weight excluding hydrogens is 381 g/mol. The fourth-order valence-electron chi connectivity index (χ4n) is 2.76. The summed E-state index contributed by atoms with van der Waals surface area (Å²) in [6.07, 6.45) is -4.70. The summed E-state index contributed by atoms with van der Waals surface area (Å²) in [6.45, 7) is 3.96. The van der Waals surface area contributed by atoms with Gasteiger partial charge >= 0.3 is 6.36 Å². The van der Waals surface area contributed by atoms with Crippen LogP contribution in [0, 0.1) is 0 Å². The Labute approximate surface area is 158 Å². The maximum Gasteiger partial charge on any atom is 0.573 e. The monoisotopic (exact) mass is 400 g/mol. The number of alkyl halides is 3. The van der Waals surface area contributed by atoms with Gasteiger partial charge in [-0.25, -0.2) is 0 Å². The molecule has 0 radical (unpaired) electrons. The van der Waals surface area contributed by atoms with Crippen LogP contribution in [0.5, 0.6) is 11.5 Å². The Kier molecular flexibility index (Phi) is 6.22. The third-order valence-corrected chi connectivity index (χ3v) is 4.98. The second-order valence-corrected chi connectivity index (χ2v) is 6.93. The molecule has 27 heavy (non-hydrogen) atoms. The van der Waals surface area contributed by atoms with Crippen molar-refractivity contribution in [3.63, 3.8) is 0 Å². The van der Waals surface area contributed by atoms with Crippen molar-refractivity contribution in [1.29, 1.82) is 0 Å². The van der Waals surface area contributed by atoms with Crippen molar-refractivity contribution in [2.45, 2.75) is 6.36 Å². The van der Waals surface area contributed by atoms with Gasteiger partial charge < -0.3 is 14.4 Å². The van der Waals surface area contributed by atoms with Crippen LogP contribution in [0.3, 0.4) is 0 Å². The number of hydrogen-bond donors (Lipinski definition) is 0. The van der Waals surface area contributed by atoms with Crippen molar-refractivity contribution in [2.24, 2.45) is 0 Å². The van der Waals surface area contributed by atoms with Crippen LogP contribution in [0.4, 0.5) is 13.2 Å². The molecular formula is C18H19F3N2O3S. The summed E-state index contributed by atoms with van der Waals surface area (Å²) in [5.74, 6) is 0.277. The standard InChI is InChI=1S/C18H19F3N2O3S/c19-18(20,21)26-15-5-3-14(4-6-15)25-12-11-22-7-9-23(10-8-22)17(24)16-2-1-13-27-16/h1-6,13H,7-12H2. The SMILES string of the molecule is O=C(c1cccs1)N1CCN(CCOc2ccc(OC(F)(F)F)cc2)CC1. The van der Waals surface area contributed by atoms with Gasteiger partial charge in [0.1, 0.15) is 18.1 Å². The Morgan fingerprint density at radius 1 is 1.04 bits per heavy atom. The number of carbonyl (C=O) groups is 1. The van der Waals surface area contributed by atoms with Crippen LogP contribution in [0.2, 0.25) is 0 Å². The molecule has 1 aromatic heterocycles. The molecule has 1 amide bonds. The van der Waals surface area contributed by atoms with E-state index in [1.54, 1.807) is 0 Å². The van der Waals surface area contributed by atoms with Gasteiger partial charge in [-0.05, 0) is 35.7 Å². The first-order chi connectivity index (χ1) is 12.9. The minimum absolute atomic E-state index is 0.0714. The van der Waals surface area contributed by atoms with Crippen molar-refractivity contribution < 1.29 is 27.4 Å². The molecule has 3 rings (SSSR count). The fraction of sp³-hybridized carbons (Fsp3) is 0.389. The van der Waals surface area contributed by atoms with Gasteiger partial charge in [-0.3, -0.25) is 9.69 Å². The lowest BCUT2D eigenvalue weighted by atomic mass is 10.3. The maximum absolute atomic E-state index is 12.3. The van der Waals surface area contributed by atoms with Gasteiger partial charge in [-0.2, -0.15) is 0 Å². The van der Waals surface area contributed by atoms with Gasteiger partial charge in [0.2, 0.25) is 0 Å². The maximum atomic E-state index is 12.3. The number of benzene rings is 1. The number of hydrogen-bond acceptors (Lipinski definition) is 5. The number of thiophene rings is 1. The lowest BCUT2D eigenvalue weighted by Gasteiger charge is -2.34. The number of piperazine rings is 1. The molecule has 0 bridgehead atoms. The molecule has 0 unspecified atom stereocenters. The second kappa shape index (κ2) is 8.62. The van der Waals surface area contributed by atoms with Gasteiger partial charge in [0.15, 0.2) is 0 Å². The molecule has 0 saturated carbocycles. The number of carbonyl (C=O) groups excluding carboxylic acids is 1. The highest BCUT2D eigenvalue weighted by Crippen LogP contribution is 2.24. The number of ether oxygens (including phenoxy) is 2. The molecule has 2 aromatic rings. The third kappa shape index (κ3) is 5.86. The molecule has 146 valence electrons. The molecule has 5 nitrogen and oxygen atoms in total. The number of halogens is 3. The van der Waals surface area contributed by atoms with Crippen LogP contribution in [0.15, 0.2) is 41.8 Å². The van der Waals surface area contributed by atoms with E-state index in [1.807, 2.05) is 22.4 Å².